The molecule has 2 N–H and O–H groups in total. The summed E-state index contributed by atoms with van der Waals surface area (Å²) in [6.07, 6.45) is 7.60. The standard InChI is InChI=1S/C22H27N5S/c1-21(2)12-16(13-22(3,4)27-21)25-20-24-10-7-18(26-20)19-17(8-11-28-19)15-6-5-9-23-14-15/h5-11,14,16,27H,12-13H2,1-4H3,(H,24,25,26). The number of thiophene rings is 1. The third-order valence-electron chi connectivity index (χ3n) is 5.05. The van der Waals surface area contributed by atoms with Crippen LogP contribution in [-0.4, -0.2) is 32.1 Å². The van der Waals surface area contributed by atoms with E-state index in [1.54, 1.807) is 17.5 Å². The number of pyridine rings is 1. The first-order valence-corrected chi connectivity index (χ1v) is 10.6. The number of rotatable bonds is 4. The maximum Gasteiger partial charge on any atom is 0.223 e. The summed E-state index contributed by atoms with van der Waals surface area (Å²) < 4.78 is 0. The minimum absolute atomic E-state index is 0.0816. The molecule has 28 heavy (non-hydrogen) atoms. The molecule has 1 fully saturated rings. The summed E-state index contributed by atoms with van der Waals surface area (Å²) in [5.41, 5.74) is 3.37. The smallest absolute Gasteiger partial charge is 0.223 e. The van der Waals surface area contributed by atoms with E-state index < -0.39 is 0 Å². The third kappa shape index (κ3) is 4.23. The molecule has 3 aromatic heterocycles. The normalized spacial score (nSPS) is 18.7. The molecule has 1 aliphatic heterocycles. The molecule has 0 bridgehead atoms. The molecule has 0 aliphatic carbocycles. The van der Waals surface area contributed by atoms with Crippen LogP contribution < -0.4 is 10.6 Å². The van der Waals surface area contributed by atoms with Gasteiger partial charge in [0.25, 0.3) is 0 Å². The molecule has 0 atom stereocenters. The Morgan fingerprint density at radius 3 is 2.57 bits per heavy atom. The SMILES string of the molecule is CC1(C)CC(Nc2nccc(-c3sccc3-c3cccnc3)n2)CC(C)(C)N1. The molecule has 4 heterocycles. The first-order valence-electron chi connectivity index (χ1n) is 9.69. The molecule has 4 rings (SSSR count). The molecule has 0 aromatic carbocycles. The summed E-state index contributed by atoms with van der Waals surface area (Å²) in [7, 11) is 0. The molecule has 0 spiro atoms. The van der Waals surface area contributed by atoms with Crippen molar-refractivity contribution in [3.63, 3.8) is 0 Å². The van der Waals surface area contributed by atoms with Gasteiger partial charge in [-0.3, -0.25) is 4.98 Å². The van der Waals surface area contributed by atoms with E-state index in [-0.39, 0.29) is 11.1 Å². The Hall–Kier alpha value is -2.31. The van der Waals surface area contributed by atoms with Crippen LogP contribution in [0.1, 0.15) is 40.5 Å². The zero-order valence-electron chi connectivity index (χ0n) is 16.9. The van der Waals surface area contributed by atoms with Crippen LogP contribution in [0.4, 0.5) is 5.95 Å². The lowest BCUT2D eigenvalue weighted by molar-refractivity contribution is 0.170. The number of hydrogen-bond acceptors (Lipinski definition) is 6. The van der Waals surface area contributed by atoms with Gasteiger partial charge in [0.15, 0.2) is 0 Å². The maximum absolute atomic E-state index is 4.84. The first-order chi connectivity index (χ1) is 13.3. The molecule has 0 unspecified atom stereocenters. The van der Waals surface area contributed by atoms with Gasteiger partial charge in [-0.25, -0.2) is 9.97 Å². The van der Waals surface area contributed by atoms with E-state index in [1.807, 2.05) is 24.5 Å². The van der Waals surface area contributed by atoms with Crippen LogP contribution in [0.3, 0.4) is 0 Å². The van der Waals surface area contributed by atoms with Crippen LogP contribution >= 0.6 is 11.3 Å². The van der Waals surface area contributed by atoms with Gasteiger partial charge in [-0.2, -0.15) is 0 Å². The van der Waals surface area contributed by atoms with Gasteiger partial charge in [0.1, 0.15) is 0 Å². The van der Waals surface area contributed by atoms with Gasteiger partial charge >= 0.3 is 0 Å². The van der Waals surface area contributed by atoms with E-state index in [1.165, 1.54) is 0 Å². The summed E-state index contributed by atoms with van der Waals surface area (Å²) in [4.78, 5) is 14.7. The van der Waals surface area contributed by atoms with E-state index in [9.17, 15) is 0 Å². The molecule has 146 valence electrons. The zero-order valence-corrected chi connectivity index (χ0v) is 17.7. The van der Waals surface area contributed by atoms with Crippen molar-refractivity contribution < 1.29 is 0 Å². The predicted octanol–water partition coefficient (Wildman–Crippen LogP) is 4.99. The fourth-order valence-corrected chi connectivity index (χ4v) is 5.31. The molecule has 5 nitrogen and oxygen atoms in total. The van der Waals surface area contributed by atoms with Crippen LogP contribution in [0.5, 0.6) is 0 Å². The summed E-state index contributed by atoms with van der Waals surface area (Å²) in [5.74, 6) is 0.696. The maximum atomic E-state index is 4.84. The molecule has 0 saturated carbocycles. The van der Waals surface area contributed by atoms with E-state index >= 15 is 0 Å². The monoisotopic (exact) mass is 393 g/mol. The molecular weight excluding hydrogens is 366 g/mol. The Bertz CT molecular complexity index is 932. The van der Waals surface area contributed by atoms with Crippen molar-refractivity contribution in [1.82, 2.24) is 20.3 Å². The van der Waals surface area contributed by atoms with Crippen LogP contribution in [0.2, 0.25) is 0 Å². The average Bonchev–Trinajstić information content (AvgIpc) is 3.10. The molecule has 6 heteroatoms. The van der Waals surface area contributed by atoms with E-state index in [0.717, 1.165) is 34.5 Å². The Labute approximate surface area is 170 Å². The van der Waals surface area contributed by atoms with Gasteiger partial charge in [-0.1, -0.05) is 6.07 Å². The fraction of sp³-hybridized carbons (Fsp3) is 0.409. The van der Waals surface area contributed by atoms with Gasteiger partial charge in [-0.15, -0.1) is 11.3 Å². The van der Waals surface area contributed by atoms with Crippen LogP contribution in [0.15, 0.2) is 48.2 Å². The molecular formula is C22H27N5S. The summed E-state index contributed by atoms with van der Waals surface area (Å²) >= 11 is 1.70. The Kier molecular flexibility index (Phi) is 4.93. The second-order valence-electron chi connectivity index (χ2n) is 8.81. The lowest BCUT2D eigenvalue weighted by Gasteiger charge is -2.46. The first kappa shape index (κ1) is 19.0. The number of piperidine rings is 1. The van der Waals surface area contributed by atoms with Crippen molar-refractivity contribution in [3.8, 4) is 21.7 Å². The minimum Gasteiger partial charge on any atom is -0.351 e. The molecule has 0 radical (unpaired) electrons. The topological polar surface area (TPSA) is 62.7 Å². The molecule has 0 amide bonds. The average molecular weight is 394 g/mol. The van der Waals surface area contributed by atoms with Gasteiger partial charge in [0.05, 0.1) is 10.6 Å². The van der Waals surface area contributed by atoms with E-state index in [4.69, 9.17) is 4.98 Å². The van der Waals surface area contributed by atoms with Gasteiger partial charge in [-0.05, 0) is 64.1 Å². The summed E-state index contributed by atoms with van der Waals surface area (Å²) in [6, 6.07) is 8.49. The predicted molar refractivity (Wildman–Crippen MR) is 117 cm³/mol. The van der Waals surface area contributed by atoms with E-state index in [2.05, 4.69) is 65.8 Å². The second kappa shape index (κ2) is 7.26. The quantitative estimate of drug-likeness (QED) is 0.654. The van der Waals surface area contributed by atoms with Gasteiger partial charge in [0, 0.05) is 46.8 Å². The van der Waals surface area contributed by atoms with Crippen LogP contribution in [-0.2, 0) is 0 Å². The summed E-state index contributed by atoms with van der Waals surface area (Å²) in [6.45, 7) is 9.02. The highest BCUT2D eigenvalue weighted by molar-refractivity contribution is 7.14. The minimum atomic E-state index is 0.0816. The Morgan fingerprint density at radius 2 is 1.86 bits per heavy atom. The number of aromatic nitrogens is 3. The van der Waals surface area contributed by atoms with Crippen molar-refractivity contribution in [2.75, 3.05) is 5.32 Å². The Balaban J connectivity index is 1.59. The highest BCUT2D eigenvalue weighted by atomic mass is 32.1. The van der Waals surface area contributed by atoms with Crippen molar-refractivity contribution in [2.24, 2.45) is 0 Å². The van der Waals surface area contributed by atoms with Crippen LogP contribution in [0, 0.1) is 0 Å². The van der Waals surface area contributed by atoms with Gasteiger partial charge < -0.3 is 10.6 Å². The highest BCUT2D eigenvalue weighted by Crippen LogP contribution is 2.36. The lowest BCUT2D eigenvalue weighted by atomic mass is 9.80. The van der Waals surface area contributed by atoms with Crippen LogP contribution in [0.25, 0.3) is 21.7 Å². The fourth-order valence-electron chi connectivity index (χ4n) is 4.42. The van der Waals surface area contributed by atoms with Gasteiger partial charge in [0.2, 0.25) is 5.95 Å². The molecule has 3 aromatic rings. The zero-order chi connectivity index (χ0) is 19.8. The van der Waals surface area contributed by atoms with Crippen molar-refractivity contribution >= 4 is 17.3 Å². The van der Waals surface area contributed by atoms with E-state index in [0.29, 0.717) is 12.0 Å². The number of nitrogens with zero attached hydrogens (tertiary/aromatic N) is 3. The van der Waals surface area contributed by atoms with Crippen molar-refractivity contribution in [3.05, 3.63) is 48.2 Å². The second-order valence-corrected chi connectivity index (χ2v) is 9.73. The number of anilines is 1. The third-order valence-corrected chi connectivity index (χ3v) is 5.99. The van der Waals surface area contributed by atoms with Crippen molar-refractivity contribution in [1.29, 1.82) is 0 Å². The largest absolute Gasteiger partial charge is 0.351 e. The molecule has 1 saturated heterocycles. The molecule has 1 aliphatic rings. The number of hydrogen-bond donors (Lipinski definition) is 2. The Morgan fingerprint density at radius 1 is 1.07 bits per heavy atom. The highest BCUT2D eigenvalue weighted by Gasteiger charge is 2.37. The lowest BCUT2D eigenvalue weighted by Crippen LogP contribution is -2.60. The number of nitrogens with one attached hydrogen (secondary N) is 2. The van der Waals surface area contributed by atoms with Crippen molar-refractivity contribution in [2.45, 2.75) is 57.7 Å². The summed E-state index contributed by atoms with van der Waals surface area (Å²) in [5, 5.41) is 9.41.